The zero-order chi connectivity index (χ0) is 13.5. The van der Waals surface area contributed by atoms with Gasteiger partial charge in [0.1, 0.15) is 0 Å². The van der Waals surface area contributed by atoms with Gasteiger partial charge in [-0.25, -0.2) is 0 Å². The van der Waals surface area contributed by atoms with Gasteiger partial charge in [0.25, 0.3) is 0 Å². The minimum atomic E-state index is 0.982. The quantitative estimate of drug-likeness (QED) is 0.734. The number of likely N-dealkylation sites (N-methyl/N-ethyl adjacent to an activating group) is 1. The van der Waals surface area contributed by atoms with Gasteiger partial charge in [-0.3, -0.25) is 4.90 Å². The van der Waals surface area contributed by atoms with E-state index >= 15 is 0 Å². The lowest BCUT2D eigenvalue weighted by Crippen LogP contribution is -2.27. The van der Waals surface area contributed by atoms with Crippen molar-refractivity contribution in [1.29, 1.82) is 0 Å². The molecule has 0 radical (unpaired) electrons. The van der Waals surface area contributed by atoms with Crippen LogP contribution in [0.15, 0.2) is 24.3 Å². The van der Waals surface area contributed by atoms with Crippen molar-refractivity contribution in [3.05, 3.63) is 35.4 Å². The molecule has 2 rings (SSSR count). The molecule has 1 N–H and O–H groups in total. The summed E-state index contributed by atoms with van der Waals surface area (Å²) in [5.74, 6) is 0.982. The molecule has 1 aromatic rings. The Morgan fingerprint density at radius 1 is 1.21 bits per heavy atom. The molecule has 0 saturated heterocycles. The van der Waals surface area contributed by atoms with Gasteiger partial charge in [0, 0.05) is 13.1 Å². The van der Waals surface area contributed by atoms with E-state index in [4.69, 9.17) is 0 Å². The van der Waals surface area contributed by atoms with E-state index in [0.29, 0.717) is 0 Å². The average molecular weight is 260 g/mol. The molecule has 2 nitrogen and oxygen atoms in total. The van der Waals surface area contributed by atoms with Crippen molar-refractivity contribution < 1.29 is 0 Å². The standard InChI is InChI=1S/C17H28N2/c1-3-12-19(13-15-8-9-15)14-17-7-5-4-6-16(17)10-11-18-2/h4-7,15,18H,3,8-14H2,1-2H3. The summed E-state index contributed by atoms with van der Waals surface area (Å²) in [6.45, 7) is 7.01. The SMILES string of the molecule is CCCN(Cc1ccccc1CCNC)CC1CC1. The molecule has 0 amide bonds. The van der Waals surface area contributed by atoms with E-state index in [-0.39, 0.29) is 0 Å². The smallest absolute Gasteiger partial charge is 0.0236 e. The summed E-state index contributed by atoms with van der Waals surface area (Å²) in [7, 11) is 2.03. The maximum atomic E-state index is 3.25. The number of rotatable bonds is 9. The predicted octanol–water partition coefficient (Wildman–Crippen LogP) is 3.07. The van der Waals surface area contributed by atoms with Gasteiger partial charge in [-0.1, -0.05) is 31.2 Å². The lowest BCUT2D eigenvalue weighted by molar-refractivity contribution is 0.254. The normalized spacial score (nSPS) is 15.1. The average Bonchev–Trinajstić information content (AvgIpc) is 3.22. The lowest BCUT2D eigenvalue weighted by Gasteiger charge is -2.23. The molecule has 106 valence electrons. The van der Waals surface area contributed by atoms with Gasteiger partial charge in [0.05, 0.1) is 0 Å². The fourth-order valence-electron chi connectivity index (χ4n) is 2.67. The van der Waals surface area contributed by atoms with E-state index < -0.39 is 0 Å². The summed E-state index contributed by atoms with van der Waals surface area (Å²) in [5, 5.41) is 3.25. The van der Waals surface area contributed by atoms with E-state index in [1.807, 2.05) is 7.05 Å². The van der Waals surface area contributed by atoms with Crippen LogP contribution in [-0.4, -0.2) is 31.6 Å². The first-order valence-corrected chi connectivity index (χ1v) is 7.77. The second-order valence-electron chi connectivity index (χ2n) is 5.80. The molecule has 1 aliphatic carbocycles. The second kappa shape index (κ2) is 7.66. The van der Waals surface area contributed by atoms with Crippen LogP contribution in [0.5, 0.6) is 0 Å². The minimum Gasteiger partial charge on any atom is -0.319 e. The summed E-state index contributed by atoms with van der Waals surface area (Å²) in [5.41, 5.74) is 3.03. The fourth-order valence-corrected chi connectivity index (χ4v) is 2.67. The Hall–Kier alpha value is -0.860. The van der Waals surface area contributed by atoms with Crippen LogP contribution in [0.2, 0.25) is 0 Å². The van der Waals surface area contributed by atoms with Gasteiger partial charge in [0.2, 0.25) is 0 Å². The summed E-state index contributed by atoms with van der Waals surface area (Å²) in [6.07, 6.45) is 5.28. The third-order valence-corrected chi connectivity index (χ3v) is 3.91. The van der Waals surface area contributed by atoms with Crippen molar-refractivity contribution in [1.82, 2.24) is 10.2 Å². The number of nitrogens with one attached hydrogen (secondary N) is 1. The second-order valence-corrected chi connectivity index (χ2v) is 5.80. The van der Waals surface area contributed by atoms with E-state index in [1.54, 1.807) is 0 Å². The molecule has 0 bridgehead atoms. The number of benzene rings is 1. The molecule has 0 unspecified atom stereocenters. The summed E-state index contributed by atoms with van der Waals surface area (Å²) in [6, 6.07) is 8.94. The van der Waals surface area contributed by atoms with Crippen LogP contribution in [-0.2, 0) is 13.0 Å². The summed E-state index contributed by atoms with van der Waals surface area (Å²) >= 11 is 0. The van der Waals surface area contributed by atoms with Crippen molar-refractivity contribution in [3.63, 3.8) is 0 Å². The van der Waals surface area contributed by atoms with Gasteiger partial charge in [-0.05, 0) is 62.9 Å². The molecular weight excluding hydrogens is 232 g/mol. The molecule has 0 spiro atoms. The molecule has 1 fully saturated rings. The number of hydrogen-bond acceptors (Lipinski definition) is 2. The van der Waals surface area contributed by atoms with Gasteiger partial charge in [0.15, 0.2) is 0 Å². The van der Waals surface area contributed by atoms with Crippen molar-refractivity contribution >= 4 is 0 Å². The molecular formula is C17H28N2. The molecule has 0 heterocycles. The molecule has 0 atom stereocenters. The molecule has 0 aromatic heterocycles. The van der Waals surface area contributed by atoms with Crippen LogP contribution in [0.3, 0.4) is 0 Å². The topological polar surface area (TPSA) is 15.3 Å². The first-order valence-electron chi connectivity index (χ1n) is 7.77. The van der Waals surface area contributed by atoms with Gasteiger partial charge < -0.3 is 5.32 Å². The highest BCUT2D eigenvalue weighted by molar-refractivity contribution is 5.27. The Labute approximate surface area is 118 Å². The Kier molecular flexibility index (Phi) is 5.87. The number of nitrogens with zero attached hydrogens (tertiary/aromatic N) is 1. The molecule has 2 heteroatoms. The molecule has 0 aliphatic heterocycles. The zero-order valence-corrected chi connectivity index (χ0v) is 12.5. The molecule has 1 aliphatic rings. The van der Waals surface area contributed by atoms with Gasteiger partial charge in [-0.15, -0.1) is 0 Å². The Morgan fingerprint density at radius 3 is 2.58 bits per heavy atom. The summed E-state index contributed by atoms with van der Waals surface area (Å²) in [4.78, 5) is 2.65. The zero-order valence-electron chi connectivity index (χ0n) is 12.5. The first kappa shape index (κ1) is 14.5. The van der Waals surface area contributed by atoms with Crippen LogP contribution >= 0.6 is 0 Å². The Balaban J connectivity index is 1.97. The Morgan fingerprint density at radius 2 is 1.95 bits per heavy atom. The van der Waals surface area contributed by atoms with Crippen LogP contribution in [0.1, 0.15) is 37.3 Å². The largest absolute Gasteiger partial charge is 0.319 e. The maximum Gasteiger partial charge on any atom is 0.0236 e. The highest BCUT2D eigenvalue weighted by Crippen LogP contribution is 2.30. The minimum absolute atomic E-state index is 0.982. The van der Waals surface area contributed by atoms with Gasteiger partial charge in [-0.2, -0.15) is 0 Å². The maximum absolute atomic E-state index is 3.25. The van der Waals surface area contributed by atoms with Crippen LogP contribution in [0.25, 0.3) is 0 Å². The van der Waals surface area contributed by atoms with Crippen molar-refractivity contribution in [3.8, 4) is 0 Å². The van der Waals surface area contributed by atoms with Crippen LogP contribution in [0.4, 0.5) is 0 Å². The predicted molar refractivity (Wildman–Crippen MR) is 82.4 cm³/mol. The van der Waals surface area contributed by atoms with E-state index in [9.17, 15) is 0 Å². The monoisotopic (exact) mass is 260 g/mol. The molecule has 1 saturated carbocycles. The van der Waals surface area contributed by atoms with Crippen molar-refractivity contribution in [2.24, 2.45) is 5.92 Å². The first-order chi connectivity index (χ1) is 9.33. The van der Waals surface area contributed by atoms with E-state index in [1.165, 1.54) is 43.5 Å². The highest BCUT2D eigenvalue weighted by atomic mass is 15.1. The van der Waals surface area contributed by atoms with E-state index in [0.717, 1.165) is 25.4 Å². The summed E-state index contributed by atoms with van der Waals surface area (Å²) < 4.78 is 0. The molecule has 19 heavy (non-hydrogen) atoms. The fraction of sp³-hybridized carbons (Fsp3) is 0.647. The molecule has 1 aromatic carbocycles. The Bertz CT molecular complexity index is 371. The lowest BCUT2D eigenvalue weighted by atomic mass is 10.0. The van der Waals surface area contributed by atoms with E-state index in [2.05, 4.69) is 41.4 Å². The van der Waals surface area contributed by atoms with Gasteiger partial charge >= 0.3 is 0 Å². The van der Waals surface area contributed by atoms with Crippen LogP contribution in [0, 0.1) is 5.92 Å². The third kappa shape index (κ3) is 4.96. The number of hydrogen-bond donors (Lipinski definition) is 1. The van der Waals surface area contributed by atoms with Crippen molar-refractivity contribution in [2.45, 2.75) is 39.2 Å². The highest BCUT2D eigenvalue weighted by Gasteiger charge is 2.24. The van der Waals surface area contributed by atoms with Crippen molar-refractivity contribution in [2.75, 3.05) is 26.7 Å². The van der Waals surface area contributed by atoms with Crippen LogP contribution < -0.4 is 5.32 Å². The third-order valence-electron chi connectivity index (χ3n) is 3.91.